The van der Waals surface area contributed by atoms with Gasteiger partial charge in [-0.3, -0.25) is 0 Å². The van der Waals surface area contributed by atoms with Crippen molar-refractivity contribution in [2.45, 2.75) is 26.8 Å². The average Bonchev–Trinajstić information content (AvgIpc) is 1.91. The van der Waals surface area contributed by atoms with Crippen LogP contribution in [0.15, 0.2) is 0 Å². The highest BCUT2D eigenvalue weighted by Crippen LogP contribution is 1.67. The van der Waals surface area contributed by atoms with Crippen LogP contribution in [0.25, 0.3) is 0 Å². The molecule has 50 valence electrons. The van der Waals surface area contributed by atoms with E-state index in [0.717, 1.165) is 0 Å². The van der Waals surface area contributed by atoms with Crippen LogP contribution in [0.3, 0.4) is 0 Å². The van der Waals surface area contributed by atoms with Crippen LogP contribution in [0.4, 0.5) is 0 Å². The number of hydrogen-bond acceptors (Lipinski definition) is 3. The van der Waals surface area contributed by atoms with Gasteiger partial charge in [0.15, 0.2) is 0 Å². The van der Waals surface area contributed by atoms with Crippen LogP contribution in [0.2, 0.25) is 0 Å². The van der Waals surface area contributed by atoms with Gasteiger partial charge < -0.3 is 5.21 Å². The van der Waals surface area contributed by atoms with E-state index in [9.17, 15) is 0 Å². The van der Waals surface area contributed by atoms with E-state index in [2.05, 4.69) is 0 Å². The summed E-state index contributed by atoms with van der Waals surface area (Å²) in [5.74, 6) is 0. The molecule has 1 atom stereocenters. The fourth-order valence-corrected chi connectivity index (χ4v) is 0.0289. The molecule has 0 aromatic heterocycles. The first kappa shape index (κ1) is 10.4. The summed E-state index contributed by atoms with van der Waals surface area (Å²) in [6.45, 7) is 5.56. The molecule has 0 bridgehead atoms. The Morgan fingerprint density at radius 3 is 2.12 bits per heavy atom. The van der Waals surface area contributed by atoms with E-state index >= 15 is 0 Å². The van der Waals surface area contributed by atoms with Crippen molar-refractivity contribution in [3.63, 3.8) is 0 Å². The zero-order valence-electron chi connectivity index (χ0n) is 5.47. The molecule has 0 aromatic carbocycles. The van der Waals surface area contributed by atoms with E-state index in [4.69, 9.17) is 10.5 Å². The Morgan fingerprint density at radius 2 is 2.12 bits per heavy atom. The highest BCUT2D eigenvalue weighted by Gasteiger charge is 1.88. The monoisotopic (exact) mass is 118 g/mol. The van der Waals surface area contributed by atoms with Gasteiger partial charge in [0.25, 0.3) is 0 Å². The molecule has 0 aromatic rings. The summed E-state index contributed by atoms with van der Waals surface area (Å²) in [6.07, 6.45) is 0. The summed E-state index contributed by atoms with van der Waals surface area (Å²) in [5, 5.41) is 15.7. The van der Waals surface area contributed by atoms with Crippen molar-refractivity contribution >= 4 is 0 Å². The van der Waals surface area contributed by atoms with Gasteiger partial charge in [0, 0.05) is 1.43 Å². The molecule has 0 aliphatic rings. The van der Waals surface area contributed by atoms with Crippen molar-refractivity contribution in [3.05, 3.63) is 0 Å². The molecule has 2 N–H and O–H groups in total. The summed E-state index contributed by atoms with van der Waals surface area (Å²) in [6, 6.07) is 1.30. The number of nitriles is 1. The zero-order chi connectivity index (χ0) is 6.99. The maximum Gasteiger partial charge on any atom is 0.116 e. The van der Waals surface area contributed by atoms with Crippen LogP contribution in [0, 0.1) is 11.3 Å². The van der Waals surface area contributed by atoms with E-state index < -0.39 is 6.04 Å². The third kappa shape index (κ3) is 9.05. The summed E-state index contributed by atoms with van der Waals surface area (Å²) < 4.78 is 0. The molecule has 0 radical (unpaired) electrons. The van der Waals surface area contributed by atoms with Gasteiger partial charge >= 0.3 is 0 Å². The SMILES string of the molecule is CC.CC(C#N)NO.[HH]. The maximum absolute atomic E-state index is 7.86. The predicted molar refractivity (Wildman–Crippen MR) is 33.5 cm³/mol. The normalized spacial score (nSPS) is 10.4. The van der Waals surface area contributed by atoms with Crippen molar-refractivity contribution in [1.82, 2.24) is 5.48 Å². The molecule has 3 nitrogen and oxygen atoms in total. The fraction of sp³-hybridized carbons (Fsp3) is 0.800. The smallest absolute Gasteiger partial charge is 0.116 e. The number of hydrogen-bond donors (Lipinski definition) is 2. The number of nitrogens with zero attached hydrogens (tertiary/aromatic N) is 1. The Bertz CT molecular complexity index is 71.8. The lowest BCUT2D eigenvalue weighted by atomic mass is 10.4. The van der Waals surface area contributed by atoms with Crippen LogP contribution in [-0.2, 0) is 0 Å². The van der Waals surface area contributed by atoms with E-state index in [1.165, 1.54) is 0 Å². The van der Waals surface area contributed by atoms with Crippen LogP contribution >= 0.6 is 0 Å². The quantitative estimate of drug-likeness (QED) is 0.508. The average molecular weight is 118 g/mol. The second-order valence-electron chi connectivity index (χ2n) is 0.980. The molecular formula is C5H14N2O. The van der Waals surface area contributed by atoms with E-state index in [-0.39, 0.29) is 1.43 Å². The van der Waals surface area contributed by atoms with Gasteiger partial charge in [-0.25, -0.2) is 0 Å². The number of rotatable bonds is 1. The molecule has 0 spiro atoms. The Kier molecular flexibility index (Phi) is 12.5. The number of nitrogens with one attached hydrogen (secondary N) is 1. The molecular weight excluding hydrogens is 104 g/mol. The van der Waals surface area contributed by atoms with Crippen LogP contribution in [-0.4, -0.2) is 11.2 Å². The molecule has 0 fully saturated rings. The van der Waals surface area contributed by atoms with Gasteiger partial charge in [0.1, 0.15) is 6.04 Å². The van der Waals surface area contributed by atoms with E-state index in [1.807, 2.05) is 13.8 Å². The first-order valence-corrected chi connectivity index (χ1v) is 2.60. The Balaban J connectivity index is -0.000000109. The summed E-state index contributed by atoms with van der Waals surface area (Å²) in [4.78, 5) is 0. The van der Waals surface area contributed by atoms with Crippen LogP contribution in [0.1, 0.15) is 22.2 Å². The van der Waals surface area contributed by atoms with Crippen molar-refractivity contribution in [3.8, 4) is 6.07 Å². The minimum absolute atomic E-state index is 0. The molecule has 0 rings (SSSR count). The second kappa shape index (κ2) is 9.65. The molecule has 8 heavy (non-hydrogen) atoms. The van der Waals surface area contributed by atoms with E-state index in [0.29, 0.717) is 0 Å². The van der Waals surface area contributed by atoms with Gasteiger partial charge in [-0.1, -0.05) is 13.8 Å². The Labute approximate surface area is 51.4 Å². The third-order valence-electron chi connectivity index (χ3n) is 0.387. The first-order chi connectivity index (χ1) is 3.81. The predicted octanol–water partition coefficient (Wildman–Crippen LogP) is 1.15. The Hall–Kier alpha value is -0.590. The summed E-state index contributed by atoms with van der Waals surface area (Å²) in [7, 11) is 0. The molecule has 1 unspecified atom stereocenters. The minimum atomic E-state index is -0.454. The molecule has 3 heteroatoms. The summed E-state index contributed by atoms with van der Waals surface area (Å²) in [5.41, 5.74) is 1.75. The highest BCUT2D eigenvalue weighted by molar-refractivity contribution is 4.81. The minimum Gasteiger partial charge on any atom is -0.316 e. The van der Waals surface area contributed by atoms with E-state index in [1.54, 1.807) is 18.5 Å². The fourth-order valence-electron chi connectivity index (χ4n) is 0.0289. The molecule has 0 saturated heterocycles. The van der Waals surface area contributed by atoms with Gasteiger partial charge in [-0.05, 0) is 6.92 Å². The lowest BCUT2D eigenvalue weighted by Crippen LogP contribution is -2.18. The van der Waals surface area contributed by atoms with Crippen LogP contribution in [0.5, 0.6) is 0 Å². The van der Waals surface area contributed by atoms with Crippen molar-refractivity contribution in [1.29, 1.82) is 5.26 Å². The van der Waals surface area contributed by atoms with Gasteiger partial charge in [0.05, 0.1) is 6.07 Å². The molecule has 0 heterocycles. The third-order valence-corrected chi connectivity index (χ3v) is 0.387. The first-order valence-electron chi connectivity index (χ1n) is 2.60. The second-order valence-corrected chi connectivity index (χ2v) is 0.980. The number of hydroxylamine groups is 1. The standard InChI is InChI=1S/C3H6N2O.C2H6.H2/c1-3(2-4)5-6;1-2;/h3,5-6H,1H3;1-2H3;1H. The highest BCUT2D eigenvalue weighted by atomic mass is 16.5. The molecule has 0 amide bonds. The van der Waals surface area contributed by atoms with Crippen molar-refractivity contribution in [2.75, 3.05) is 0 Å². The van der Waals surface area contributed by atoms with Crippen LogP contribution < -0.4 is 5.48 Å². The lowest BCUT2D eigenvalue weighted by molar-refractivity contribution is 0.152. The maximum atomic E-state index is 7.86. The van der Waals surface area contributed by atoms with Gasteiger partial charge in [-0.15, -0.1) is 0 Å². The van der Waals surface area contributed by atoms with Gasteiger partial charge in [-0.2, -0.15) is 10.7 Å². The topological polar surface area (TPSA) is 56.0 Å². The van der Waals surface area contributed by atoms with Crippen molar-refractivity contribution < 1.29 is 6.63 Å². The lowest BCUT2D eigenvalue weighted by Gasteiger charge is -1.90. The molecule has 0 aliphatic carbocycles. The largest absolute Gasteiger partial charge is 0.316 e. The molecule has 0 aliphatic heterocycles. The summed E-state index contributed by atoms with van der Waals surface area (Å²) >= 11 is 0. The Morgan fingerprint density at radius 1 is 1.75 bits per heavy atom. The van der Waals surface area contributed by atoms with Gasteiger partial charge in [0.2, 0.25) is 0 Å². The molecule has 0 saturated carbocycles. The zero-order valence-corrected chi connectivity index (χ0v) is 5.47. The van der Waals surface area contributed by atoms with Crippen molar-refractivity contribution in [2.24, 2.45) is 0 Å².